The van der Waals surface area contributed by atoms with Gasteiger partial charge in [-0.2, -0.15) is 5.10 Å². The molecule has 3 rings (SSSR count). The number of methoxy groups -OCH3 is 1. The highest BCUT2D eigenvalue weighted by atomic mass is 16.5. The molecule has 26 heavy (non-hydrogen) atoms. The lowest BCUT2D eigenvalue weighted by molar-refractivity contribution is 0.0948. The Hall–Kier alpha value is -3.42. The van der Waals surface area contributed by atoms with Gasteiger partial charge in [-0.15, -0.1) is 0 Å². The van der Waals surface area contributed by atoms with Gasteiger partial charge < -0.3 is 14.5 Å². The summed E-state index contributed by atoms with van der Waals surface area (Å²) in [7, 11) is 3.44. The average molecular weight is 353 g/mol. The van der Waals surface area contributed by atoms with Crippen molar-refractivity contribution in [3.8, 4) is 0 Å². The van der Waals surface area contributed by atoms with Gasteiger partial charge in [0, 0.05) is 43.9 Å². The molecule has 1 N–H and O–H groups in total. The van der Waals surface area contributed by atoms with Gasteiger partial charge in [-0.25, -0.2) is 9.98 Å². The predicted molar refractivity (Wildman–Crippen MR) is 96.2 cm³/mol. The molecule has 0 bridgehead atoms. The SMILES string of the molecule is COC1=CCC(NC(=O)c2cnc(C)o2)=N/C=C(/c2cnn(C)c2)C=C1. The molecule has 0 saturated carbocycles. The summed E-state index contributed by atoms with van der Waals surface area (Å²) in [6.07, 6.45) is 12.7. The van der Waals surface area contributed by atoms with Crippen LogP contribution in [-0.2, 0) is 11.8 Å². The van der Waals surface area contributed by atoms with Crippen molar-refractivity contribution in [2.24, 2.45) is 12.0 Å². The van der Waals surface area contributed by atoms with Crippen LogP contribution in [0, 0.1) is 6.92 Å². The summed E-state index contributed by atoms with van der Waals surface area (Å²) < 4.78 is 12.3. The van der Waals surface area contributed by atoms with E-state index in [1.54, 1.807) is 31.1 Å². The Kier molecular flexibility index (Phi) is 5.12. The monoisotopic (exact) mass is 353 g/mol. The van der Waals surface area contributed by atoms with Crippen molar-refractivity contribution in [2.75, 3.05) is 7.11 Å². The average Bonchev–Trinajstić information content (AvgIpc) is 3.26. The number of aryl methyl sites for hydroxylation is 2. The minimum absolute atomic E-state index is 0.135. The van der Waals surface area contributed by atoms with E-state index in [9.17, 15) is 4.79 Å². The molecule has 134 valence electrons. The molecule has 2 aromatic rings. The van der Waals surface area contributed by atoms with Gasteiger partial charge in [-0.05, 0) is 18.2 Å². The Morgan fingerprint density at radius 2 is 2.19 bits per heavy atom. The molecule has 0 spiro atoms. The third-order valence-corrected chi connectivity index (χ3v) is 3.66. The lowest BCUT2D eigenvalue weighted by Crippen LogP contribution is -2.29. The third kappa shape index (κ3) is 4.15. The van der Waals surface area contributed by atoms with Crippen LogP contribution in [0.4, 0.5) is 0 Å². The fraction of sp³-hybridized carbons (Fsp3) is 0.222. The fourth-order valence-corrected chi connectivity index (χ4v) is 2.32. The minimum Gasteiger partial charge on any atom is -0.497 e. The number of carbonyl (C=O) groups is 1. The second-order valence-corrected chi connectivity index (χ2v) is 5.61. The first kappa shape index (κ1) is 17.4. The van der Waals surface area contributed by atoms with Gasteiger partial charge >= 0.3 is 0 Å². The van der Waals surface area contributed by atoms with Crippen LogP contribution in [0.1, 0.15) is 28.4 Å². The number of nitrogens with zero attached hydrogens (tertiary/aromatic N) is 4. The maximum atomic E-state index is 12.3. The maximum absolute atomic E-state index is 12.3. The van der Waals surface area contributed by atoms with E-state index in [1.165, 1.54) is 6.20 Å². The van der Waals surface area contributed by atoms with Crippen LogP contribution in [0.15, 0.2) is 58.2 Å². The highest BCUT2D eigenvalue weighted by molar-refractivity contribution is 6.05. The summed E-state index contributed by atoms with van der Waals surface area (Å²) in [6.45, 7) is 1.68. The standard InChI is InChI=1S/C18H19N5O3/c1-12-19-10-16(26-12)18(24)22-17-7-6-15(25-3)5-4-13(8-20-17)14-9-21-23(2)11-14/h4-6,8-11H,7H2,1-3H3,(H,20,22,24)/b5-4?,13-8+,15-6?. The van der Waals surface area contributed by atoms with Crippen molar-refractivity contribution in [1.82, 2.24) is 20.1 Å². The molecular weight excluding hydrogens is 334 g/mol. The number of carbonyl (C=O) groups excluding carboxylic acids is 1. The highest BCUT2D eigenvalue weighted by Gasteiger charge is 2.13. The van der Waals surface area contributed by atoms with Crippen molar-refractivity contribution in [3.05, 3.63) is 66.0 Å². The number of ether oxygens (including phenoxy) is 1. The molecule has 0 unspecified atom stereocenters. The van der Waals surface area contributed by atoms with Gasteiger partial charge in [0.15, 0.2) is 5.89 Å². The smallest absolute Gasteiger partial charge is 0.294 e. The number of rotatable bonds is 3. The molecule has 3 heterocycles. The Morgan fingerprint density at radius 1 is 1.35 bits per heavy atom. The topological polar surface area (TPSA) is 94.5 Å². The number of allylic oxidation sites excluding steroid dienone is 3. The van der Waals surface area contributed by atoms with E-state index in [4.69, 9.17) is 9.15 Å². The van der Waals surface area contributed by atoms with Gasteiger partial charge in [-0.1, -0.05) is 0 Å². The van der Waals surface area contributed by atoms with Gasteiger partial charge in [0.05, 0.1) is 19.5 Å². The molecule has 2 aromatic heterocycles. The van der Waals surface area contributed by atoms with E-state index < -0.39 is 5.91 Å². The third-order valence-electron chi connectivity index (χ3n) is 3.66. The van der Waals surface area contributed by atoms with E-state index in [2.05, 4.69) is 20.4 Å². The Balaban J connectivity index is 1.89. The first-order valence-electron chi connectivity index (χ1n) is 7.97. The zero-order chi connectivity index (χ0) is 18.5. The first-order valence-corrected chi connectivity index (χ1v) is 7.97. The van der Waals surface area contributed by atoms with Crippen LogP contribution in [0.25, 0.3) is 5.57 Å². The Labute approximate surface area is 150 Å². The number of nitrogens with one attached hydrogen (secondary N) is 1. The lowest BCUT2D eigenvalue weighted by atomic mass is 10.1. The molecule has 8 heteroatoms. The zero-order valence-corrected chi connectivity index (χ0v) is 14.8. The molecule has 0 aromatic carbocycles. The normalized spacial score (nSPS) is 16.5. The molecule has 0 atom stereocenters. The molecule has 8 nitrogen and oxygen atoms in total. The van der Waals surface area contributed by atoms with Crippen LogP contribution in [0.3, 0.4) is 0 Å². The van der Waals surface area contributed by atoms with E-state index in [1.807, 2.05) is 31.5 Å². The Bertz CT molecular complexity index is 930. The van der Waals surface area contributed by atoms with Crippen LogP contribution in [-0.4, -0.2) is 33.6 Å². The Morgan fingerprint density at radius 3 is 2.85 bits per heavy atom. The van der Waals surface area contributed by atoms with Gasteiger partial charge in [0.2, 0.25) is 5.76 Å². The van der Waals surface area contributed by atoms with Crippen LogP contribution in [0.2, 0.25) is 0 Å². The minimum atomic E-state index is -0.403. The molecule has 1 aliphatic heterocycles. The van der Waals surface area contributed by atoms with Crippen LogP contribution >= 0.6 is 0 Å². The predicted octanol–water partition coefficient (Wildman–Crippen LogP) is 2.38. The maximum Gasteiger partial charge on any atom is 0.294 e. The van der Waals surface area contributed by atoms with E-state index in [-0.39, 0.29) is 5.76 Å². The number of aromatic nitrogens is 3. The summed E-state index contributed by atoms with van der Waals surface area (Å²) in [5.41, 5.74) is 1.74. The fourth-order valence-electron chi connectivity index (χ4n) is 2.32. The number of oxazole rings is 1. The van der Waals surface area contributed by atoms with Gasteiger partial charge in [-0.3, -0.25) is 9.48 Å². The number of amides is 1. The van der Waals surface area contributed by atoms with Crippen molar-refractivity contribution in [2.45, 2.75) is 13.3 Å². The molecular formula is C18H19N5O3. The molecule has 0 aliphatic carbocycles. The molecule has 1 aliphatic rings. The van der Waals surface area contributed by atoms with Crippen LogP contribution < -0.4 is 5.32 Å². The highest BCUT2D eigenvalue weighted by Crippen LogP contribution is 2.18. The largest absolute Gasteiger partial charge is 0.497 e. The number of hydrogen-bond acceptors (Lipinski definition) is 6. The number of aliphatic imine (C=N–C) groups is 1. The summed E-state index contributed by atoms with van der Waals surface area (Å²) in [5.74, 6) is 1.29. The van der Waals surface area contributed by atoms with E-state index in [0.29, 0.717) is 23.9 Å². The summed E-state index contributed by atoms with van der Waals surface area (Å²) >= 11 is 0. The molecule has 0 fully saturated rings. The van der Waals surface area contributed by atoms with Crippen molar-refractivity contribution < 1.29 is 13.9 Å². The summed E-state index contributed by atoms with van der Waals surface area (Å²) in [6, 6.07) is 0. The summed E-state index contributed by atoms with van der Waals surface area (Å²) in [5, 5.41) is 6.93. The van der Waals surface area contributed by atoms with Gasteiger partial charge in [0.1, 0.15) is 11.6 Å². The number of amidine groups is 1. The van der Waals surface area contributed by atoms with Crippen molar-refractivity contribution >= 4 is 17.3 Å². The zero-order valence-electron chi connectivity index (χ0n) is 14.8. The van der Waals surface area contributed by atoms with Crippen molar-refractivity contribution in [1.29, 1.82) is 0 Å². The van der Waals surface area contributed by atoms with Crippen molar-refractivity contribution in [3.63, 3.8) is 0 Å². The second-order valence-electron chi connectivity index (χ2n) is 5.61. The molecule has 0 saturated heterocycles. The van der Waals surface area contributed by atoms with E-state index >= 15 is 0 Å². The molecule has 0 radical (unpaired) electrons. The van der Waals surface area contributed by atoms with Gasteiger partial charge in [0.25, 0.3) is 5.91 Å². The quantitative estimate of drug-likeness (QED) is 0.914. The van der Waals surface area contributed by atoms with Crippen LogP contribution in [0.5, 0.6) is 0 Å². The first-order chi connectivity index (χ1) is 12.5. The summed E-state index contributed by atoms with van der Waals surface area (Å²) in [4.78, 5) is 20.6. The second kappa shape index (κ2) is 7.64. The lowest BCUT2D eigenvalue weighted by Gasteiger charge is -2.05. The number of hydrogen-bond donors (Lipinski definition) is 1. The van der Waals surface area contributed by atoms with E-state index in [0.717, 1.165) is 11.1 Å². The molecule has 1 amide bonds.